The Hall–Kier alpha value is -1.90. The Labute approximate surface area is 220 Å². The lowest BCUT2D eigenvalue weighted by molar-refractivity contribution is -0.154. The second-order valence-corrected chi connectivity index (χ2v) is 11.7. The molecule has 0 saturated carbocycles. The molecular weight excluding hydrogens is 476 g/mol. The number of carbonyl (C=O) groups is 2. The molecule has 5 atom stereocenters. The number of ketones is 1. The minimum atomic E-state index is -1.22. The van der Waals surface area contributed by atoms with E-state index in [0.29, 0.717) is 6.42 Å². The van der Waals surface area contributed by atoms with Crippen molar-refractivity contribution in [1.82, 2.24) is 9.78 Å². The fourth-order valence-electron chi connectivity index (χ4n) is 4.69. The summed E-state index contributed by atoms with van der Waals surface area (Å²) in [5.41, 5.74) is 1.63. The number of allylic oxidation sites excluding steroid dienone is 1. The van der Waals surface area contributed by atoms with Crippen LogP contribution in [0.15, 0.2) is 28.3 Å². The number of aliphatic hydroxyl groups is 2. The number of esters is 1. The molecule has 0 radical (unpaired) electrons. The summed E-state index contributed by atoms with van der Waals surface area (Å²) in [6.07, 6.45) is 6.23. The Morgan fingerprint density at radius 1 is 1.28 bits per heavy atom. The number of hydrogen-bond donors (Lipinski definition) is 2. The van der Waals surface area contributed by atoms with E-state index in [2.05, 4.69) is 18.1 Å². The maximum atomic E-state index is 13.2. The van der Waals surface area contributed by atoms with Crippen LogP contribution in [0.1, 0.15) is 79.3 Å². The molecule has 1 aromatic heterocycles. The normalized spacial score (nSPS) is 29.6. The number of carbonyl (C=O) groups excluding carboxylic acids is 2. The van der Waals surface area contributed by atoms with Gasteiger partial charge in [-0.15, -0.1) is 11.8 Å². The molecular formula is C28H44N2O5S. The van der Waals surface area contributed by atoms with Gasteiger partial charge in [0, 0.05) is 19.4 Å². The van der Waals surface area contributed by atoms with Gasteiger partial charge in [0.25, 0.3) is 0 Å². The van der Waals surface area contributed by atoms with Gasteiger partial charge in [-0.2, -0.15) is 5.10 Å². The van der Waals surface area contributed by atoms with Gasteiger partial charge in [-0.1, -0.05) is 39.3 Å². The fourth-order valence-corrected chi connectivity index (χ4v) is 5.23. The molecule has 0 fully saturated rings. The van der Waals surface area contributed by atoms with Crippen LogP contribution >= 0.6 is 11.8 Å². The summed E-state index contributed by atoms with van der Waals surface area (Å²) in [6.45, 7) is 10.9. The number of ether oxygens (including phenoxy) is 1. The molecule has 0 aliphatic carbocycles. The van der Waals surface area contributed by atoms with E-state index in [9.17, 15) is 19.8 Å². The molecule has 0 saturated heterocycles. The third-order valence-electron chi connectivity index (χ3n) is 7.47. The standard InChI is InChI=1S/C28H44N2O5S/c1-17-10-9-11-18(2)26(33)20(4)27(34)28(5,6)23(31)16-25(32)35-22(13-12-17)19(3)14-21-15-24(36-8)30(7)29-21/h12,14-15,18,20,22-23,26,31,33H,9-11,13,16H2,1-8H3/b17-12?,19-14+/t18-,20+,22-,23-,26-/m0/s1. The quantitative estimate of drug-likeness (QED) is 0.330. The molecule has 0 spiro atoms. The van der Waals surface area contributed by atoms with Gasteiger partial charge in [0.05, 0.1) is 34.8 Å². The van der Waals surface area contributed by atoms with Crippen LogP contribution in [0.25, 0.3) is 6.08 Å². The Balaban J connectivity index is 2.35. The van der Waals surface area contributed by atoms with Crippen molar-refractivity contribution in [2.24, 2.45) is 24.3 Å². The van der Waals surface area contributed by atoms with Crippen molar-refractivity contribution in [2.45, 2.75) is 97.0 Å². The average Bonchev–Trinajstić information content (AvgIpc) is 3.17. The molecule has 0 aromatic carbocycles. The zero-order chi connectivity index (χ0) is 27.2. The zero-order valence-electron chi connectivity index (χ0n) is 23.1. The van der Waals surface area contributed by atoms with Crippen molar-refractivity contribution in [3.05, 3.63) is 29.0 Å². The number of Topliss-reactive ketones (excluding diaryl/α,β-unsaturated/α-hetero) is 1. The first-order valence-corrected chi connectivity index (χ1v) is 14.0. The Bertz CT molecular complexity index is 981. The van der Waals surface area contributed by atoms with E-state index in [-0.39, 0.29) is 18.1 Å². The molecule has 0 unspecified atom stereocenters. The van der Waals surface area contributed by atoms with Crippen LogP contribution in [0.5, 0.6) is 0 Å². The highest BCUT2D eigenvalue weighted by molar-refractivity contribution is 7.98. The van der Waals surface area contributed by atoms with Gasteiger partial charge in [-0.05, 0) is 63.0 Å². The van der Waals surface area contributed by atoms with Crippen molar-refractivity contribution < 1.29 is 24.5 Å². The van der Waals surface area contributed by atoms with Gasteiger partial charge in [-0.25, -0.2) is 0 Å². The Kier molecular flexibility index (Phi) is 11.0. The number of rotatable bonds is 3. The van der Waals surface area contributed by atoms with Gasteiger partial charge in [0.1, 0.15) is 11.9 Å². The van der Waals surface area contributed by atoms with Crippen molar-refractivity contribution in [3.8, 4) is 0 Å². The van der Waals surface area contributed by atoms with Gasteiger partial charge < -0.3 is 14.9 Å². The fraction of sp³-hybridized carbons (Fsp3) is 0.679. The lowest BCUT2D eigenvalue weighted by atomic mass is 9.73. The van der Waals surface area contributed by atoms with E-state index in [1.165, 1.54) is 5.57 Å². The molecule has 2 rings (SSSR count). The highest BCUT2D eigenvalue weighted by atomic mass is 32.2. The smallest absolute Gasteiger partial charge is 0.309 e. The van der Waals surface area contributed by atoms with Crippen LogP contribution in [0.3, 0.4) is 0 Å². The highest BCUT2D eigenvalue weighted by Gasteiger charge is 2.42. The molecule has 2 N–H and O–H groups in total. The van der Waals surface area contributed by atoms with E-state index in [1.807, 2.05) is 44.0 Å². The third-order valence-corrected chi connectivity index (χ3v) is 8.27. The van der Waals surface area contributed by atoms with E-state index in [4.69, 9.17) is 4.74 Å². The summed E-state index contributed by atoms with van der Waals surface area (Å²) in [5, 5.41) is 27.2. The molecule has 36 heavy (non-hydrogen) atoms. The van der Waals surface area contributed by atoms with Gasteiger partial charge in [-0.3, -0.25) is 14.3 Å². The number of thioether (sulfide) groups is 1. The third kappa shape index (κ3) is 7.80. The molecule has 2 heterocycles. The van der Waals surface area contributed by atoms with Crippen LogP contribution in [-0.2, 0) is 21.4 Å². The summed E-state index contributed by atoms with van der Waals surface area (Å²) in [7, 11) is 1.89. The number of cyclic esters (lactones) is 1. The number of aromatic nitrogens is 2. The topological polar surface area (TPSA) is 102 Å². The summed E-state index contributed by atoms with van der Waals surface area (Å²) < 4.78 is 7.66. The molecule has 8 heteroatoms. The summed E-state index contributed by atoms with van der Waals surface area (Å²) in [5.74, 6) is -1.51. The molecule has 0 amide bonds. The second kappa shape index (κ2) is 13.1. The Morgan fingerprint density at radius 3 is 2.56 bits per heavy atom. The van der Waals surface area contributed by atoms with Crippen LogP contribution in [0.4, 0.5) is 0 Å². The summed E-state index contributed by atoms with van der Waals surface area (Å²) in [4.78, 5) is 26.1. The minimum Gasteiger partial charge on any atom is -0.457 e. The number of aryl methyl sites for hydroxylation is 1. The summed E-state index contributed by atoms with van der Waals surface area (Å²) in [6, 6.07) is 1.99. The first kappa shape index (κ1) is 30.3. The number of nitrogens with zero attached hydrogens (tertiary/aromatic N) is 2. The minimum absolute atomic E-state index is 0.0509. The van der Waals surface area contributed by atoms with Crippen molar-refractivity contribution in [3.63, 3.8) is 0 Å². The molecule has 7 nitrogen and oxygen atoms in total. The van der Waals surface area contributed by atoms with Gasteiger partial charge in [0.15, 0.2) is 0 Å². The van der Waals surface area contributed by atoms with Crippen LogP contribution in [0, 0.1) is 17.3 Å². The molecule has 0 bridgehead atoms. The van der Waals surface area contributed by atoms with E-state index in [0.717, 1.165) is 35.6 Å². The van der Waals surface area contributed by atoms with Gasteiger partial charge >= 0.3 is 5.97 Å². The van der Waals surface area contributed by atoms with Crippen molar-refractivity contribution in [2.75, 3.05) is 6.26 Å². The maximum absolute atomic E-state index is 13.2. The largest absolute Gasteiger partial charge is 0.457 e. The monoisotopic (exact) mass is 520 g/mol. The Morgan fingerprint density at radius 2 is 1.94 bits per heavy atom. The summed E-state index contributed by atoms with van der Waals surface area (Å²) >= 11 is 1.61. The molecule has 1 aliphatic heterocycles. The van der Waals surface area contributed by atoms with E-state index >= 15 is 0 Å². The zero-order valence-corrected chi connectivity index (χ0v) is 23.9. The first-order valence-electron chi connectivity index (χ1n) is 12.8. The van der Waals surface area contributed by atoms with Crippen molar-refractivity contribution in [1.29, 1.82) is 0 Å². The van der Waals surface area contributed by atoms with E-state index in [1.54, 1.807) is 32.5 Å². The highest BCUT2D eigenvalue weighted by Crippen LogP contribution is 2.32. The van der Waals surface area contributed by atoms with Gasteiger partial charge in [0.2, 0.25) is 0 Å². The van der Waals surface area contributed by atoms with Crippen LogP contribution in [0.2, 0.25) is 0 Å². The molecule has 1 aromatic rings. The average molecular weight is 521 g/mol. The first-order chi connectivity index (χ1) is 16.8. The second-order valence-electron chi connectivity index (χ2n) is 10.8. The lowest BCUT2D eigenvalue weighted by Crippen LogP contribution is -2.45. The van der Waals surface area contributed by atoms with Crippen LogP contribution < -0.4 is 0 Å². The number of aliphatic hydroxyl groups excluding tert-OH is 2. The predicted molar refractivity (Wildman–Crippen MR) is 144 cm³/mol. The predicted octanol–water partition coefficient (Wildman–Crippen LogP) is 4.96. The van der Waals surface area contributed by atoms with Crippen LogP contribution in [-0.4, -0.2) is 56.3 Å². The molecule has 1 aliphatic rings. The maximum Gasteiger partial charge on any atom is 0.309 e. The van der Waals surface area contributed by atoms with E-state index < -0.39 is 35.6 Å². The molecule has 202 valence electrons. The number of hydrogen-bond acceptors (Lipinski definition) is 7. The lowest BCUT2D eigenvalue weighted by Gasteiger charge is -2.34. The van der Waals surface area contributed by atoms with Crippen molar-refractivity contribution >= 4 is 29.6 Å². The SMILES string of the molecule is CSc1cc(/C=C(\C)[C@@H]2CC=C(C)CCC[C@H](C)[C@H](O)[C@@H](C)C(=O)C(C)(C)[C@@H](O)CC(=O)O2)nn1C.